The third kappa shape index (κ3) is 2.36. The highest BCUT2D eigenvalue weighted by Crippen LogP contribution is 2.25. The van der Waals surface area contributed by atoms with Gasteiger partial charge in [0, 0.05) is 16.9 Å². The molecular formula is C15H13ClOS. The van der Waals surface area contributed by atoms with Crippen LogP contribution in [-0.4, -0.2) is 5.78 Å². The van der Waals surface area contributed by atoms with Gasteiger partial charge in [-0.15, -0.1) is 11.3 Å². The third-order valence-corrected chi connectivity index (χ3v) is 4.62. The fourth-order valence-corrected chi connectivity index (χ4v) is 3.54. The van der Waals surface area contributed by atoms with E-state index in [4.69, 9.17) is 11.6 Å². The van der Waals surface area contributed by atoms with Crippen LogP contribution in [0.3, 0.4) is 0 Å². The number of thiophene rings is 1. The summed E-state index contributed by atoms with van der Waals surface area (Å²) in [7, 11) is 0. The van der Waals surface area contributed by atoms with Crippen LogP contribution >= 0.6 is 22.9 Å². The van der Waals surface area contributed by atoms with Crippen molar-refractivity contribution in [2.75, 3.05) is 0 Å². The van der Waals surface area contributed by atoms with Crippen molar-refractivity contribution in [1.82, 2.24) is 0 Å². The van der Waals surface area contributed by atoms with Gasteiger partial charge in [-0.2, -0.15) is 0 Å². The Balaban J connectivity index is 1.80. The normalized spacial score (nSPS) is 13.6. The van der Waals surface area contributed by atoms with Crippen LogP contribution in [0, 0.1) is 0 Å². The minimum Gasteiger partial charge on any atom is -0.294 e. The van der Waals surface area contributed by atoms with E-state index >= 15 is 0 Å². The van der Waals surface area contributed by atoms with Gasteiger partial charge in [-0.25, -0.2) is 0 Å². The Morgan fingerprint density at radius 3 is 2.78 bits per heavy atom. The van der Waals surface area contributed by atoms with Gasteiger partial charge >= 0.3 is 0 Å². The van der Waals surface area contributed by atoms with E-state index in [1.54, 1.807) is 0 Å². The molecule has 18 heavy (non-hydrogen) atoms. The maximum Gasteiger partial charge on any atom is 0.168 e. The molecule has 1 nitrogen and oxygen atoms in total. The molecule has 0 bridgehead atoms. The Kier molecular flexibility index (Phi) is 3.23. The van der Waals surface area contributed by atoms with Crippen molar-refractivity contribution in [1.29, 1.82) is 0 Å². The molecule has 1 aromatic carbocycles. The van der Waals surface area contributed by atoms with Gasteiger partial charge < -0.3 is 0 Å². The summed E-state index contributed by atoms with van der Waals surface area (Å²) in [6.45, 7) is 0. The molecule has 1 aliphatic rings. The molecule has 2 aromatic rings. The fraction of sp³-hybridized carbons (Fsp3) is 0.267. The molecule has 0 unspecified atom stereocenters. The van der Waals surface area contributed by atoms with E-state index in [0.717, 1.165) is 27.6 Å². The number of benzene rings is 1. The smallest absolute Gasteiger partial charge is 0.168 e. The summed E-state index contributed by atoms with van der Waals surface area (Å²) in [6.07, 6.45) is 3.94. The van der Waals surface area contributed by atoms with Crippen molar-refractivity contribution < 1.29 is 4.79 Å². The van der Waals surface area contributed by atoms with Crippen molar-refractivity contribution in [2.24, 2.45) is 0 Å². The molecule has 1 aromatic heterocycles. The molecule has 3 heteroatoms. The average molecular weight is 277 g/mol. The van der Waals surface area contributed by atoms with E-state index in [0.29, 0.717) is 6.42 Å². The SMILES string of the molecule is O=C(Cc1ccc(Cl)s1)c1ccc2c(c1)CCC2. The third-order valence-electron chi connectivity index (χ3n) is 3.38. The lowest BCUT2D eigenvalue weighted by Crippen LogP contribution is -2.03. The summed E-state index contributed by atoms with van der Waals surface area (Å²) in [5.74, 6) is 0.184. The van der Waals surface area contributed by atoms with Crippen LogP contribution in [0.25, 0.3) is 0 Å². The Morgan fingerprint density at radius 2 is 2.00 bits per heavy atom. The number of carbonyl (C=O) groups is 1. The zero-order valence-corrected chi connectivity index (χ0v) is 11.5. The lowest BCUT2D eigenvalue weighted by atomic mass is 10.0. The molecule has 0 amide bonds. The van der Waals surface area contributed by atoms with Crippen LogP contribution in [0.1, 0.15) is 32.8 Å². The Morgan fingerprint density at radius 1 is 1.17 bits per heavy atom. The van der Waals surface area contributed by atoms with Gasteiger partial charge in [0.05, 0.1) is 4.34 Å². The van der Waals surface area contributed by atoms with Gasteiger partial charge in [-0.1, -0.05) is 23.7 Å². The number of halogens is 1. The molecule has 3 rings (SSSR count). The second-order valence-corrected chi connectivity index (χ2v) is 6.44. The second kappa shape index (κ2) is 4.87. The van der Waals surface area contributed by atoms with Crippen LogP contribution in [0.15, 0.2) is 30.3 Å². The predicted molar refractivity (Wildman–Crippen MR) is 75.8 cm³/mol. The first kappa shape index (κ1) is 11.9. The number of Topliss-reactive ketones (excluding diaryl/α,β-unsaturated/α-hetero) is 1. The number of ketones is 1. The Bertz CT molecular complexity index is 600. The summed E-state index contributed by atoms with van der Waals surface area (Å²) >= 11 is 7.35. The van der Waals surface area contributed by atoms with E-state index < -0.39 is 0 Å². The van der Waals surface area contributed by atoms with Gasteiger partial charge in [0.1, 0.15) is 0 Å². The van der Waals surface area contributed by atoms with E-state index in [1.165, 1.54) is 28.9 Å². The summed E-state index contributed by atoms with van der Waals surface area (Å²) in [5, 5.41) is 0. The first-order chi connectivity index (χ1) is 8.72. The van der Waals surface area contributed by atoms with Crippen LogP contribution < -0.4 is 0 Å². The molecule has 1 heterocycles. The molecule has 0 saturated carbocycles. The lowest BCUT2D eigenvalue weighted by Gasteiger charge is -2.03. The Hall–Kier alpha value is -1.12. The van der Waals surface area contributed by atoms with Crippen LogP contribution in [-0.2, 0) is 19.3 Å². The fourth-order valence-electron chi connectivity index (χ4n) is 2.45. The molecule has 1 aliphatic carbocycles. The first-order valence-electron chi connectivity index (χ1n) is 6.11. The standard InChI is InChI=1S/C15H13ClOS/c16-15-7-6-13(18-15)9-14(17)12-5-4-10-2-1-3-11(10)8-12/h4-8H,1-3,9H2. The minimum atomic E-state index is 0.184. The van der Waals surface area contributed by atoms with Gasteiger partial charge in [-0.3, -0.25) is 4.79 Å². The Labute approximate surface area is 115 Å². The molecular weight excluding hydrogens is 264 g/mol. The zero-order chi connectivity index (χ0) is 12.5. The quantitative estimate of drug-likeness (QED) is 0.763. The summed E-state index contributed by atoms with van der Waals surface area (Å²) in [5.41, 5.74) is 3.59. The van der Waals surface area contributed by atoms with Crippen molar-refractivity contribution in [3.63, 3.8) is 0 Å². The highest BCUT2D eigenvalue weighted by Gasteiger charge is 2.14. The van der Waals surface area contributed by atoms with Gasteiger partial charge in [0.25, 0.3) is 0 Å². The zero-order valence-electron chi connectivity index (χ0n) is 9.91. The molecule has 0 spiro atoms. The molecule has 0 fully saturated rings. The monoisotopic (exact) mass is 276 g/mol. The maximum absolute atomic E-state index is 12.2. The molecule has 0 aliphatic heterocycles. The number of rotatable bonds is 3. The van der Waals surface area contributed by atoms with Gasteiger partial charge in [0.2, 0.25) is 0 Å². The molecule has 0 saturated heterocycles. The predicted octanol–water partition coefficient (Wildman–Crippen LogP) is 4.32. The summed E-state index contributed by atoms with van der Waals surface area (Å²) in [6, 6.07) is 9.91. The molecule has 0 atom stereocenters. The first-order valence-corrected chi connectivity index (χ1v) is 7.31. The number of carbonyl (C=O) groups excluding carboxylic acids is 1. The van der Waals surface area contributed by atoms with Crippen molar-refractivity contribution in [3.05, 3.63) is 56.2 Å². The number of aryl methyl sites for hydroxylation is 2. The van der Waals surface area contributed by atoms with E-state index in [2.05, 4.69) is 12.1 Å². The number of hydrogen-bond donors (Lipinski definition) is 0. The molecule has 0 N–H and O–H groups in total. The minimum absolute atomic E-state index is 0.184. The van der Waals surface area contributed by atoms with E-state index in [1.807, 2.05) is 18.2 Å². The maximum atomic E-state index is 12.2. The highest BCUT2D eigenvalue weighted by molar-refractivity contribution is 7.16. The molecule has 92 valence electrons. The second-order valence-electron chi connectivity index (χ2n) is 4.64. The van der Waals surface area contributed by atoms with Crippen molar-refractivity contribution in [2.45, 2.75) is 25.7 Å². The summed E-state index contributed by atoms with van der Waals surface area (Å²) in [4.78, 5) is 13.2. The van der Waals surface area contributed by atoms with Crippen LogP contribution in [0.2, 0.25) is 4.34 Å². The number of hydrogen-bond acceptors (Lipinski definition) is 2. The number of fused-ring (bicyclic) bond motifs is 1. The largest absolute Gasteiger partial charge is 0.294 e. The summed E-state index contributed by atoms with van der Waals surface area (Å²) < 4.78 is 0.742. The van der Waals surface area contributed by atoms with Crippen LogP contribution in [0.5, 0.6) is 0 Å². The average Bonchev–Trinajstić information content (AvgIpc) is 2.96. The topological polar surface area (TPSA) is 17.1 Å². The van der Waals surface area contributed by atoms with Gasteiger partial charge in [0.15, 0.2) is 5.78 Å². The lowest BCUT2D eigenvalue weighted by molar-refractivity contribution is 0.0993. The highest BCUT2D eigenvalue weighted by atomic mass is 35.5. The van der Waals surface area contributed by atoms with E-state index in [9.17, 15) is 4.79 Å². The van der Waals surface area contributed by atoms with Crippen LogP contribution in [0.4, 0.5) is 0 Å². The molecule has 0 radical (unpaired) electrons. The van der Waals surface area contributed by atoms with Crippen molar-refractivity contribution in [3.8, 4) is 0 Å². The van der Waals surface area contributed by atoms with Gasteiger partial charge in [-0.05, 0) is 48.6 Å². The van der Waals surface area contributed by atoms with Crippen molar-refractivity contribution >= 4 is 28.7 Å². The van der Waals surface area contributed by atoms with E-state index in [-0.39, 0.29) is 5.78 Å².